The Bertz CT molecular complexity index is 476. The average Bonchev–Trinajstić information content (AvgIpc) is 2.84. The van der Waals surface area contributed by atoms with E-state index >= 15 is 0 Å². The lowest BCUT2D eigenvalue weighted by Crippen LogP contribution is -2.09. The van der Waals surface area contributed by atoms with Crippen LogP contribution in [-0.4, -0.2) is 14.8 Å². The van der Waals surface area contributed by atoms with Crippen LogP contribution in [0.4, 0.5) is 5.69 Å². The molecule has 4 heteroatoms. The summed E-state index contributed by atoms with van der Waals surface area (Å²) >= 11 is 0. The number of benzene rings is 1. The summed E-state index contributed by atoms with van der Waals surface area (Å²) < 4.78 is 1.90. The Morgan fingerprint density at radius 2 is 2.06 bits per heavy atom. The molecule has 0 saturated heterocycles. The molecule has 0 amide bonds. The second-order valence-corrected chi connectivity index (χ2v) is 3.86. The molecule has 0 aliphatic heterocycles. The summed E-state index contributed by atoms with van der Waals surface area (Å²) in [6.07, 6.45) is 2.63. The van der Waals surface area contributed by atoms with Crippen LogP contribution in [0, 0.1) is 0 Å². The molecule has 0 radical (unpaired) electrons. The van der Waals surface area contributed by atoms with Gasteiger partial charge in [-0.1, -0.05) is 25.1 Å². The van der Waals surface area contributed by atoms with E-state index in [1.807, 2.05) is 10.7 Å². The molecule has 0 spiro atoms. The van der Waals surface area contributed by atoms with Gasteiger partial charge in [0.2, 0.25) is 0 Å². The molecule has 0 aliphatic rings. The number of hydrogen-bond donors (Lipinski definition) is 1. The molecule has 0 fully saturated rings. The van der Waals surface area contributed by atoms with Gasteiger partial charge >= 0.3 is 0 Å². The zero-order chi connectivity index (χ0) is 12.1. The average molecular weight is 230 g/mol. The number of aryl methyl sites for hydroxylation is 2. The maximum atomic E-state index is 4.25. The van der Waals surface area contributed by atoms with Gasteiger partial charge in [0.1, 0.15) is 12.2 Å². The zero-order valence-electron chi connectivity index (χ0n) is 10.3. The van der Waals surface area contributed by atoms with E-state index in [1.54, 1.807) is 6.33 Å². The lowest BCUT2D eigenvalue weighted by atomic mass is 10.1. The Morgan fingerprint density at radius 3 is 2.82 bits per heavy atom. The van der Waals surface area contributed by atoms with Crippen molar-refractivity contribution in [2.24, 2.45) is 0 Å². The number of rotatable bonds is 5. The zero-order valence-corrected chi connectivity index (χ0v) is 10.3. The largest absolute Gasteiger partial charge is 0.378 e. The molecule has 90 valence electrons. The summed E-state index contributed by atoms with van der Waals surface area (Å²) in [6.45, 7) is 5.80. The van der Waals surface area contributed by atoms with Crippen molar-refractivity contribution in [3.63, 3.8) is 0 Å². The van der Waals surface area contributed by atoms with Crippen molar-refractivity contribution >= 4 is 5.69 Å². The molecule has 1 N–H and O–H groups in total. The first-order valence-corrected chi connectivity index (χ1v) is 6.03. The fourth-order valence-electron chi connectivity index (χ4n) is 1.86. The first-order chi connectivity index (χ1) is 8.35. The van der Waals surface area contributed by atoms with E-state index in [9.17, 15) is 0 Å². The minimum Gasteiger partial charge on any atom is -0.378 e. The Kier molecular flexibility index (Phi) is 3.75. The van der Waals surface area contributed by atoms with Crippen LogP contribution in [-0.2, 0) is 19.5 Å². The molecule has 2 rings (SSSR count). The molecular formula is C13H18N4. The monoisotopic (exact) mass is 230 g/mol. The molecular weight excluding hydrogens is 212 g/mol. The summed E-state index contributed by atoms with van der Waals surface area (Å²) in [5.41, 5.74) is 2.51. The molecule has 0 atom stereocenters. The number of nitrogens with one attached hydrogen (secondary N) is 1. The second-order valence-electron chi connectivity index (χ2n) is 3.86. The molecule has 17 heavy (non-hydrogen) atoms. The Hall–Kier alpha value is -1.84. The Labute approximate surface area is 102 Å². The van der Waals surface area contributed by atoms with Crippen LogP contribution in [0.25, 0.3) is 0 Å². The first-order valence-electron chi connectivity index (χ1n) is 6.03. The summed E-state index contributed by atoms with van der Waals surface area (Å²) in [5.74, 6) is 0.971. The van der Waals surface area contributed by atoms with Gasteiger partial charge in [0.25, 0.3) is 0 Å². The third-order valence-electron chi connectivity index (χ3n) is 2.83. The fourth-order valence-corrected chi connectivity index (χ4v) is 1.86. The van der Waals surface area contributed by atoms with Gasteiger partial charge in [-0.25, -0.2) is 9.67 Å². The number of para-hydroxylation sites is 1. The number of hydrogen-bond acceptors (Lipinski definition) is 3. The third-order valence-corrected chi connectivity index (χ3v) is 2.83. The van der Waals surface area contributed by atoms with Crippen molar-refractivity contribution in [2.45, 2.75) is 33.4 Å². The molecule has 1 heterocycles. The van der Waals surface area contributed by atoms with Gasteiger partial charge in [-0.05, 0) is 25.0 Å². The normalized spacial score (nSPS) is 10.5. The molecule has 0 unspecified atom stereocenters. The molecule has 0 aliphatic carbocycles. The molecule has 2 aromatic rings. The van der Waals surface area contributed by atoms with Gasteiger partial charge in [0.05, 0.1) is 6.54 Å². The predicted octanol–water partition coefficient (Wildman–Crippen LogP) is 2.47. The molecule has 0 saturated carbocycles. The van der Waals surface area contributed by atoms with Crippen LogP contribution >= 0.6 is 0 Å². The Balaban J connectivity index is 2.07. The highest BCUT2D eigenvalue weighted by molar-refractivity contribution is 5.50. The van der Waals surface area contributed by atoms with Gasteiger partial charge in [-0.15, -0.1) is 0 Å². The van der Waals surface area contributed by atoms with Crippen molar-refractivity contribution in [2.75, 3.05) is 5.32 Å². The maximum Gasteiger partial charge on any atom is 0.146 e. The lowest BCUT2D eigenvalue weighted by molar-refractivity contribution is 0.622. The fraction of sp³-hybridized carbons (Fsp3) is 0.385. The highest BCUT2D eigenvalue weighted by atomic mass is 15.3. The van der Waals surface area contributed by atoms with Crippen molar-refractivity contribution in [1.82, 2.24) is 14.8 Å². The smallest absolute Gasteiger partial charge is 0.146 e. The van der Waals surface area contributed by atoms with Gasteiger partial charge in [0.15, 0.2) is 0 Å². The maximum absolute atomic E-state index is 4.25. The van der Waals surface area contributed by atoms with Crippen LogP contribution in [0.3, 0.4) is 0 Å². The van der Waals surface area contributed by atoms with E-state index in [1.165, 1.54) is 11.3 Å². The minimum absolute atomic E-state index is 0.713. The van der Waals surface area contributed by atoms with Gasteiger partial charge < -0.3 is 5.32 Å². The standard InChI is InChI=1S/C13H18N4/c1-3-11-7-5-6-8-12(11)14-9-13-15-10-16-17(13)4-2/h5-8,10,14H,3-4,9H2,1-2H3. The van der Waals surface area contributed by atoms with Crippen LogP contribution in [0.15, 0.2) is 30.6 Å². The highest BCUT2D eigenvalue weighted by Gasteiger charge is 2.03. The summed E-state index contributed by atoms with van der Waals surface area (Å²) in [7, 11) is 0. The van der Waals surface area contributed by atoms with E-state index in [0.717, 1.165) is 18.8 Å². The molecule has 0 bridgehead atoms. The topological polar surface area (TPSA) is 42.7 Å². The molecule has 1 aromatic heterocycles. The lowest BCUT2D eigenvalue weighted by Gasteiger charge is -2.10. The molecule has 4 nitrogen and oxygen atoms in total. The van der Waals surface area contributed by atoms with Crippen molar-refractivity contribution in [3.05, 3.63) is 42.0 Å². The highest BCUT2D eigenvalue weighted by Crippen LogP contribution is 2.15. The van der Waals surface area contributed by atoms with E-state index in [4.69, 9.17) is 0 Å². The number of anilines is 1. The summed E-state index contributed by atoms with van der Waals surface area (Å²) in [6, 6.07) is 8.36. The minimum atomic E-state index is 0.713. The number of aromatic nitrogens is 3. The van der Waals surface area contributed by atoms with Gasteiger partial charge in [-0.2, -0.15) is 5.10 Å². The predicted molar refractivity (Wildman–Crippen MR) is 68.8 cm³/mol. The van der Waals surface area contributed by atoms with E-state index < -0.39 is 0 Å². The van der Waals surface area contributed by atoms with E-state index in [0.29, 0.717) is 6.54 Å². The van der Waals surface area contributed by atoms with Gasteiger partial charge in [-0.3, -0.25) is 0 Å². The quantitative estimate of drug-likeness (QED) is 0.858. The summed E-state index contributed by atoms with van der Waals surface area (Å²) in [5, 5.41) is 7.57. The summed E-state index contributed by atoms with van der Waals surface area (Å²) in [4.78, 5) is 4.25. The van der Waals surface area contributed by atoms with E-state index in [2.05, 4.69) is 47.4 Å². The van der Waals surface area contributed by atoms with Crippen molar-refractivity contribution in [1.29, 1.82) is 0 Å². The first kappa shape index (κ1) is 11.6. The van der Waals surface area contributed by atoms with Crippen molar-refractivity contribution in [3.8, 4) is 0 Å². The third kappa shape index (κ3) is 2.64. The molecule has 1 aromatic carbocycles. The van der Waals surface area contributed by atoms with Crippen LogP contribution < -0.4 is 5.32 Å². The van der Waals surface area contributed by atoms with Gasteiger partial charge in [0, 0.05) is 12.2 Å². The Morgan fingerprint density at radius 1 is 1.24 bits per heavy atom. The second kappa shape index (κ2) is 5.48. The van der Waals surface area contributed by atoms with Crippen LogP contribution in [0.5, 0.6) is 0 Å². The number of nitrogens with zero attached hydrogens (tertiary/aromatic N) is 3. The van der Waals surface area contributed by atoms with E-state index in [-0.39, 0.29) is 0 Å². The van der Waals surface area contributed by atoms with Crippen molar-refractivity contribution < 1.29 is 0 Å². The van der Waals surface area contributed by atoms with Crippen LogP contribution in [0.2, 0.25) is 0 Å². The SMILES string of the molecule is CCc1ccccc1NCc1ncnn1CC. The van der Waals surface area contributed by atoms with Crippen LogP contribution in [0.1, 0.15) is 25.2 Å².